The first-order valence-electron chi connectivity index (χ1n) is 6.82. The van der Waals surface area contributed by atoms with Crippen molar-refractivity contribution in [2.45, 2.75) is 55.9 Å². The van der Waals surface area contributed by atoms with Crippen LogP contribution in [0.15, 0.2) is 12.2 Å². The Bertz CT molecular complexity index is 276. The van der Waals surface area contributed by atoms with Crippen LogP contribution in [0.25, 0.3) is 0 Å². The Morgan fingerprint density at radius 1 is 1.25 bits per heavy atom. The molecule has 0 amide bonds. The SMILES string of the molecule is CSC1CCCC(NC2CC3CC=CC32)C1. The first-order valence-corrected chi connectivity index (χ1v) is 8.11. The third-order valence-corrected chi connectivity index (χ3v) is 5.87. The molecule has 1 N–H and O–H groups in total. The Morgan fingerprint density at radius 2 is 2.19 bits per heavy atom. The van der Waals surface area contributed by atoms with E-state index >= 15 is 0 Å². The minimum absolute atomic E-state index is 0.811. The summed E-state index contributed by atoms with van der Waals surface area (Å²) < 4.78 is 0. The number of thioether (sulfide) groups is 1. The largest absolute Gasteiger partial charge is 0.311 e. The number of nitrogens with one attached hydrogen (secondary N) is 1. The zero-order chi connectivity index (χ0) is 11.0. The van der Waals surface area contributed by atoms with Gasteiger partial charge in [-0.15, -0.1) is 0 Å². The molecule has 3 rings (SSSR count). The van der Waals surface area contributed by atoms with Gasteiger partial charge in [0, 0.05) is 17.3 Å². The van der Waals surface area contributed by atoms with E-state index in [-0.39, 0.29) is 0 Å². The van der Waals surface area contributed by atoms with Gasteiger partial charge in [0.2, 0.25) is 0 Å². The van der Waals surface area contributed by atoms with Crippen molar-refractivity contribution >= 4 is 11.8 Å². The summed E-state index contributed by atoms with van der Waals surface area (Å²) in [5, 5.41) is 4.84. The molecule has 5 atom stereocenters. The highest BCUT2D eigenvalue weighted by atomic mass is 32.2. The molecule has 0 aliphatic heterocycles. The van der Waals surface area contributed by atoms with E-state index in [0.717, 1.165) is 29.2 Å². The van der Waals surface area contributed by atoms with E-state index in [0.29, 0.717) is 0 Å². The highest BCUT2D eigenvalue weighted by Crippen LogP contribution is 2.43. The van der Waals surface area contributed by atoms with E-state index in [4.69, 9.17) is 0 Å². The summed E-state index contributed by atoms with van der Waals surface area (Å²) in [5.74, 6) is 1.88. The molecule has 2 heteroatoms. The number of fused-ring (bicyclic) bond motifs is 1. The molecule has 90 valence electrons. The first kappa shape index (κ1) is 11.2. The van der Waals surface area contributed by atoms with Crippen molar-refractivity contribution in [1.29, 1.82) is 0 Å². The van der Waals surface area contributed by atoms with Crippen molar-refractivity contribution < 1.29 is 0 Å². The Morgan fingerprint density at radius 3 is 3.00 bits per heavy atom. The van der Waals surface area contributed by atoms with E-state index < -0.39 is 0 Å². The number of allylic oxidation sites excluding steroid dienone is 1. The molecular weight excluding hydrogens is 214 g/mol. The number of rotatable bonds is 3. The summed E-state index contributed by atoms with van der Waals surface area (Å²) >= 11 is 2.07. The van der Waals surface area contributed by atoms with Gasteiger partial charge in [-0.3, -0.25) is 0 Å². The second-order valence-corrected chi connectivity index (χ2v) is 6.87. The molecule has 2 saturated carbocycles. The lowest BCUT2D eigenvalue weighted by molar-refractivity contribution is 0.141. The molecule has 1 nitrogen and oxygen atoms in total. The van der Waals surface area contributed by atoms with Gasteiger partial charge in [0.1, 0.15) is 0 Å². The van der Waals surface area contributed by atoms with E-state index in [1.165, 1.54) is 38.5 Å². The molecule has 0 heterocycles. The molecular formula is C14H23NS. The number of hydrogen-bond acceptors (Lipinski definition) is 2. The second kappa shape index (κ2) is 4.73. The second-order valence-electron chi connectivity index (χ2n) is 5.73. The van der Waals surface area contributed by atoms with Crippen LogP contribution in [-0.2, 0) is 0 Å². The van der Waals surface area contributed by atoms with E-state index in [9.17, 15) is 0 Å². The van der Waals surface area contributed by atoms with E-state index in [1.54, 1.807) is 0 Å². The maximum atomic E-state index is 3.93. The van der Waals surface area contributed by atoms with Crippen LogP contribution in [0.5, 0.6) is 0 Å². The van der Waals surface area contributed by atoms with Gasteiger partial charge in [0.05, 0.1) is 0 Å². The molecule has 0 bridgehead atoms. The zero-order valence-corrected chi connectivity index (χ0v) is 11.0. The molecule has 3 aliphatic rings. The summed E-state index contributed by atoms with van der Waals surface area (Å²) in [6.45, 7) is 0. The Balaban J connectivity index is 1.49. The average molecular weight is 237 g/mol. The van der Waals surface area contributed by atoms with E-state index in [2.05, 4.69) is 35.5 Å². The summed E-state index contributed by atoms with van der Waals surface area (Å²) in [6.07, 6.45) is 15.6. The van der Waals surface area contributed by atoms with Gasteiger partial charge in [-0.1, -0.05) is 18.6 Å². The van der Waals surface area contributed by atoms with Crippen LogP contribution in [0, 0.1) is 11.8 Å². The highest BCUT2D eigenvalue weighted by molar-refractivity contribution is 7.99. The molecule has 0 aromatic rings. The molecule has 2 fully saturated rings. The Hall–Kier alpha value is 0.0500. The van der Waals surface area contributed by atoms with Crippen molar-refractivity contribution in [2.75, 3.05) is 6.26 Å². The van der Waals surface area contributed by atoms with Crippen LogP contribution in [-0.4, -0.2) is 23.6 Å². The summed E-state index contributed by atoms with van der Waals surface area (Å²) in [5.41, 5.74) is 0. The van der Waals surface area contributed by atoms with Crippen LogP contribution in [0.4, 0.5) is 0 Å². The van der Waals surface area contributed by atoms with E-state index in [1.807, 2.05) is 0 Å². The van der Waals surface area contributed by atoms with Crippen LogP contribution in [0.1, 0.15) is 38.5 Å². The van der Waals surface area contributed by atoms with Crippen LogP contribution in [0.2, 0.25) is 0 Å². The van der Waals surface area contributed by atoms with Gasteiger partial charge in [0.15, 0.2) is 0 Å². The molecule has 0 aromatic heterocycles. The number of hydrogen-bond donors (Lipinski definition) is 1. The first-order chi connectivity index (χ1) is 7.86. The zero-order valence-electron chi connectivity index (χ0n) is 10.2. The lowest BCUT2D eigenvalue weighted by Crippen LogP contribution is -2.52. The third kappa shape index (κ3) is 2.06. The van der Waals surface area contributed by atoms with Crippen molar-refractivity contribution in [3.05, 3.63) is 12.2 Å². The average Bonchev–Trinajstić information content (AvgIpc) is 2.68. The van der Waals surface area contributed by atoms with Gasteiger partial charge in [-0.2, -0.15) is 11.8 Å². The molecule has 3 aliphatic carbocycles. The Kier molecular flexibility index (Phi) is 3.30. The summed E-state index contributed by atoms with van der Waals surface area (Å²) in [7, 11) is 0. The van der Waals surface area contributed by atoms with Crippen molar-refractivity contribution in [3.63, 3.8) is 0 Å². The lowest BCUT2D eigenvalue weighted by Gasteiger charge is -2.44. The topological polar surface area (TPSA) is 12.0 Å². The van der Waals surface area contributed by atoms with Gasteiger partial charge < -0.3 is 5.32 Å². The van der Waals surface area contributed by atoms with Crippen molar-refractivity contribution in [2.24, 2.45) is 11.8 Å². The molecule has 0 aromatic carbocycles. The van der Waals surface area contributed by atoms with Gasteiger partial charge in [0.25, 0.3) is 0 Å². The normalized spacial score (nSPS) is 46.4. The fraction of sp³-hybridized carbons (Fsp3) is 0.857. The smallest absolute Gasteiger partial charge is 0.0138 e. The highest BCUT2D eigenvalue weighted by Gasteiger charge is 2.41. The van der Waals surface area contributed by atoms with Gasteiger partial charge >= 0.3 is 0 Å². The maximum Gasteiger partial charge on any atom is 0.0138 e. The molecule has 5 unspecified atom stereocenters. The fourth-order valence-corrected chi connectivity index (χ4v) is 4.55. The quantitative estimate of drug-likeness (QED) is 0.756. The molecule has 0 spiro atoms. The lowest BCUT2D eigenvalue weighted by atomic mass is 9.71. The van der Waals surface area contributed by atoms with Gasteiger partial charge in [-0.05, 0) is 50.2 Å². The minimum atomic E-state index is 0.811. The predicted octanol–water partition coefficient (Wildman–Crippen LogP) is 3.21. The standard InChI is InChI=1S/C14H23NS/c1-16-12-6-3-5-11(9-12)15-14-8-10-4-2-7-13(10)14/h2,7,10-15H,3-6,8-9H2,1H3. The fourth-order valence-electron chi connectivity index (χ4n) is 3.72. The monoisotopic (exact) mass is 237 g/mol. The van der Waals surface area contributed by atoms with Crippen LogP contribution < -0.4 is 5.32 Å². The third-order valence-electron chi connectivity index (χ3n) is 4.77. The van der Waals surface area contributed by atoms with Crippen LogP contribution in [0.3, 0.4) is 0 Å². The molecule has 0 radical (unpaired) electrons. The van der Waals surface area contributed by atoms with Gasteiger partial charge in [-0.25, -0.2) is 0 Å². The van der Waals surface area contributed by atoms with Crippen molar-refractivity contribution in [3.8, 4) is 0 Å². The summed E-state index contributed by atoms with van der Waals surface area (Å²) in [4.78, 5) is 0. The van der Waals surface area contributed by atoms with Crippen molar-refractivity contribution in [1.82, 2.24) is 5.32 Å². The summed E-state index contributed by atoms with van der Waals surface area (Å²) in [6, 6.07) is 1.63. The Labute approximate surface area is 103 Å². The molecule has 16 heavy (non-hydrogen) atoms. The predicted molar refractivity (Wildman–Crippen MR) is 71.8 cm³/mol. The minimum Gasteiger partial charge on any atom is -0.311 e. The molecule has 0 saturated heterocycles. The van der Waals surface area contributed by atoms with Crippen LogP contribution >= 0.6 is 11.8 Å². The maximum absolute atomic E-state index is 3.93.